The fourth-order valence-electron chi connectivity index (χ4n) is 4.73. The Morgan fingerprint density at radius 3 is 1.98 bits per heavy atom. The Balaban J connectivity index is 1.44. The number of benzene rings is 3. The van der Waals surface area contributed by atoms with Crippen LogP contribution in [0.2, 0.25) is 0 Å². The van der Waals surface area contributed by atoms with Gasteiger partial charge in [0.2, 0.25) is 17.7 Å². The first-order chi connectivity index (χ1) is 21.7. The number of esters is 1. The van der Waals surface area contributed by atoms with E-state index in [0.717, 1.165) is 11.1 Å². The zero-order chi connectivity index (χ0) is 32.2. The first-order valence-corrected chi connectivity index (χ1v) is 14.8. The van der Waals surface area contributed by atoms with Gasteiger partial charge in [-0.2, -0.15) is 0 Å². The van der Waals surface area contributed by atoms with E-state index in [1.54, 1.807) is 37.3 Å². The molecule has 0 unspecified atom stereocenters. The molecule has 1 aliphatic heterocycles. The van der Waals surface area contributed by atoms with Crippen LogP contribution in [0.1, 0.15) is 41.8 Å². The number of hydrogen-bond donors (Lipinski definition) is 4. The fraction of sp³-hybridized carbons (Fsp3) is 0.324. The maximum atomic E-state index is 13.5. The van der Waals surface area contributed by atoms with E-state index < -0.39 is 59.9 Å². The molecule has 3 aromatic carbocycles. The maximum Gasteiger partial charge on any atom is 0.328 e. The van der Waals surface area contributed by atoms with Gasteiger partial charge in [-0.05, 0) is 37.1 Å². The van der Waals surface area contributed by atoms with Crippen LogP contribution in [0.25, 0.3) is 0 Å². The van der Waals surface area contributed by atoms with E-state index in [9.17, 15) is 24.0 Å². The van der Waals surface area contributed by atoms with E-state index in [2.05, 4.69) is 21.3 Å². The van der Waals surface area contributed by atoms with Crippen LogP contribution in [0.15, 0.2) is 91.0 Å². The van der Waals surface area contributed by atoms with Gasteiger partial charge in [0.05, 0.1) is 19.3 Å². The van der Waals surface area contributed by atoms with Crippen molar-refractivity contribution in [3.8, 4) is 0 Å². The molecule has 0 radical (unpaired) electrons. The molecular weight excluding hydrogens is 576 g/mol. The number of rotatable bonds is 14. The minimum absolute atomic E-state index is 0.154. The maximum absolute atomic E-state index is 13.5. The molecule has 0 aliphatic carbocycles. The Bertz CT molecular complexity index is 1450. The Morgan fingerprint density at radius 1 is 0.778 bits per heavy atom. The van der Waals surface area contributed by atoms with Crippen molar-refractivity contribution in [2.75, 3.05) is 6.61 Å². The van der Waals surface area contributed by atoms with Crippen LogP contribution in [0, 0.1) is 0 Å². The van der Waals surface area contributed by atoms with Gasteiger partial charge in [-0.25, -0.2) is 4.79 Å². The van der Waals surface area contributed by atoms with E-state index in [1.165, 1.54) is 6.92 Å². The van der Waals surface area contributed by atoms with Gasteiger partial charge in [-0.1, -0.05) is 78.9 Å². The molecule has 11 heteroatoms. The molecule has 45 heavy (non-hydrogen) atoms. The van der Waals surface area contributed by atoms with Gasteiger partial charge in [0.25, 0.3) is 5.91 Å². The summed E-state index contributed by atoms with van der Waals surface area (Å²) in [5.74, 6) is -2.82. The third kappa shape index (κ3) is 9.73. The van der Waals surface area contributed by atoms with E-state index in [-0.39, 0.29) is 19.6 Å². The van der Waals surface area contributed by atoms with Crippen LogP contribution in [-0.2, 0) is 41.7 Å². The minimum Gasteiger partial charge on any atom is -0.464 e. The number of ether oxygens (including phenoxy) is 2. The summed E-state index contributed by atoms with van der Waals surface area (Å²) < 4.78 is 10.9. The van der Waals surface area contributed by atoms with Crippen LogP contribution < -0.4 is 21.3 Å². The molecule has 5 atom stereocenters. The van der Waals surface area contributed by atoms with Crippen LogP contribution >= 0.6 is 0 Å². The van der Waals surface area contributed by atoms with Gasteiger partial charge in [0.15, 0.2) is 0 Å². The zero-order valence-corrected chi connectivity index (χ0v) is 25.2. The normalized spacial score (nSPS) is 16.8. The highest BCUT2D eigenvalue weighted by Gasteiger charge is 2.33. The van der Waals surface area contributed by atoms with Crippen molar-refractivity contribution >= 4 is 29.6 Å². The van der Waals surface area contributed by atoms with Crippen LogP contribution in [0.4, 0.5) is 0 Å². The lowest BCUT2D eigenvalue weighted by atomic mass is 10.0. The zero-order valence-electron chi connectivity index (χ0n) is 25.2. The molecule has 1 heterocycles. The van der Waals surface area contributed by atoms with Gasteiger partial charge in [-0.3, -0.25) is 19.2 Å². The topological polar surface area (TPSA) is 152 Å². The monoisotopic (exact) mass is 614 g/mol. The lowest BCUT2D eigenvalue weighted by Gasteiger charge is -2.27. The molecule has 4 rings (SSSR count). The Hall–Kier alpha value is -5.03. The fourth-order valence-corrected chi connectivity index (χ4v) is 4.73. The average Bonchev–Trinajstić information content (AvgIpc) is 3.46. The molecule has 1 aliphatic rings. The average molecular weight is 615 g/mol. The quantitative estimate of drug-likeness (QED) is 0.203. The predicted octanol–water partition coefficient (Wildman–Crippen LogP) is 2.05. The standard InChI is InChI=1S/C34H38N4O7/c1-22(30(39)37-28(20-24-12-6-3-7-13-24)32(41)36-27-18-19-44-34(27)43)35-33(42)29(38-31(40)26-16-10-5-11-17-26)23(2)45-21-25-14-8-4-9-15-25/h3-17,22-23,27-29H,18-21H2,1-2H3,(H,35,42)(H,36,41)(H,37,39)(H,38,40)/t22-,23+,27-,28-,29-/m0/s1. The summed E-state index contributed by atoms with van der Waals surface area (Å²) in [4.78, 5) is 65.0. The lowest BCUT2D eigenvalue weighted by Crippen LogP contribution is -2.59. The second kappa shape index (κ2) is 16.2. The molecule has 236 valence electrons. The van der Waals surface area contributed by atoms with Crippen molar-refractivity contribution in [2.45, 2.75) is 63.6 Å². The van der Waals surface area contributed by atoms with Crippen LogP contribution in [0.3, 0.4) is 0 Å². The van der Waals surface area contributed by atoms with E-state index >= 15 is 0 Å². The minimum atomic E-state index is -1.14. The van der Waals surface area contributed by atoms with Crippen molar-refractivity contribution in [2.24, 2.45) is 0 Å². The first kappa shape index (κ1) is 32.9. The molecule has 0 bridgehead atoms. The Labute approximate surface area is 262 Å². The van der Waals surface area contributed by atoms with E-state index in [4.69, 9.17) is 9.47 Å². The van der Waals surface area contributed by atoms with E-state index in [0.29, 0.717) is 12.0 Å². The highest BCUT2D eigenvalue weighted by atomic mass is 16.5. The summed E-state index contributed by atoms with van der Waals surface area (Å²) in [5.41, 5.74) is 2.04. The molecule has 0 saturated carbocycles. The summed E-state index contributed by atoms with van der Waals surface area (Å²) >= 11 is 0. The summed E-state index contributed by atoms with van der Waals surface area (Å²) in [7, 11) is 0. The number of nitrogens with one attached hydrogen (secondary N) is 4. The first-order valence-electron chi connectivity index (χ1n) is 14.8. The van der Waals surface area contributed by atoms with Gasteiger partial charge in [-0.15, -0.1) is 0 Å². The van der Waals surface area contributed by atoms with Crippen LogP contribution in [0.5, 0.6) is 0 Å². The smallest absolute Gasteiger partial charge is 0.328 e. The molecule has 4 N–H and O–H groups in total. The number of amides is 4. The molecule has 1 fully saturated rings. The lowest BCUT2D eigenvalue weighted by molar-refractivity contribution is -0.141. The summed E-state index contributed by atoms with van der Waals surface area (Å²) in [5, 5.41) is 10.7. The number of cyclic esters (lactones) is 1. The molecule has 3 aromatic rings. The number of carbonyl (C=O) groups excluding carboxylic acids is 5. The van der Waals surface area contributed by atoms with Crippen molar-refractivity contribution in [1.82, 2.24) is 21.3 Å². The molecule has 1 saturated heterocycles. The van der Waals surface area contributed by atoms with Crippen molar-refractivity contribution < 1.29 is 33.4 Å². The summed E-state index contributed by atoms with van der Waals surface area (Å²) in [6.07, 6.45) is -0.277. The molecule has 0 aromatic heterocycles. The summed E-state index contributed by atoms with van der Waals surface area (Å²) in [6.45, 7) is 3.55. The third-order valence-electron chi connectivity index (χ3n) is 7.35. The van der Waals surface area contributed by atoms with Crippen molar-refractivity contribution in [3.05, 3.63) is 108 Å². The van der Waals surface area contributed by atoms with Crippen molar-refractivity contribution in [1.29, 1.82) is 0 Å². The Kier molecular flexibility index (Phi) is 11.8. The van der Waals surface area contributed by atoms with Gasteiger partial charge in [0, 0.05) is 18.4 Å². The molecular formula is C34H38N4O7. The van der Waals surface area contributed by atoms with Gasteiger partial charge in [0.1, 0.15) is 24.2 Å². The third-order valence-corrected chi connectivity index (χ3v) is 7.35. The number of hydrogen-bond acceptors (Lipinski definition) is 7. The summed E-state index contributed by atoms with van der Waals surface area (Å²) in [6, 6.07) is 22.9. The highest BCUT2D eigenvalue weighted by molar-refractivity contribution is 5.99. The SMILES string of the molecule is C[C@H](NC(=O)[C@@H](NC(=O)c1ccccc1)[C@@H](C)OCc1ccccc1)C(=O)N[C@@H](Cc1ccccc1)C(=O)N[C@H]1CCOC1=O. The van der Waals surface area contributed by atoms with E-state index in [1.807, 2.05) is 60.7 Å². The second-order valence-electron chi connectivity index (χ2n) is 10.8. The van der Waals surface area contributed by atoms with Crippen LogP contribution in [-0.4, -0.2) is 66.5 Å². The molecule has 11 nitrogen and oxygen atoms in total. The molecule has 4 amide bonds. The van der Waals surface area contributed by atoms with Gasteiger partial charge < -0.3 is 30.7 Å². The second-order valence-corrected chi connectivity index (χ2v) is 10.8. The predicted molar refractivity (Wildman–Crippen MR) is 166 cm³/mol. The molecule has 0 spiro atoms. The van der Waals surface area contributed by atoms with Crippen molar-refractivity contribution in [3.63, 3.8) is 0 Å². The Morgan fingerprint density at radius 2 is 1.38 bits per heavy atom. The number of carbonyl (C=O) groups is 5. The highest BCUT2D eigenvalue weighted by Crippen LogP contribution is 2.11. The largest absolute Gasteiger partial charge is 0.464 e. The van der Waals surface area contributed by atoms with Gasteiger partial charge >= 0.3 is 5.97 Å².